The second kappa shape index (κ2) is 6.85. The molecular formula is C14H14ClN3O. The van der Waals surface area contributed by atoms with E-state index in [1.165, 1.54) is 0 Å². The first-order valence-electron chi connectivity index (χ1n) is 6.00. The van der Waals surface area contributed by atoms with E-state index in [0.29, 0.717) is 24.4 Å². The Morgan fingerprint density at radius 2 is 2.00 bits per heavy atom. The second-order valence-electron chi connectivity index (χ2n) is 4.10. The molecule has 2 aromatic rings. The van der Waals surface area contributed by atoms with Gasteiger partial charge in [-0.3, -0.25) is 14.8 Å². The van der Waals surface area contributed by atoms with Crippen LogP contribution in [-0.2, 0) is 17.8 Å². The Morgan fingerprint density at radius 3 is 2.68 bits per heavy atom. The standard InChI is InChI=1S/C14H14ClN3O/c15-12-4-1-11(2-5-12)3-6-14(19)18-10-13-9-16-7-8-17-13/h1-2,4-5,7-9H,3,6,10H2,(H,18,19). The summed E-state index contributed by atoms with van der Waals surface area (Å²) in [6, 6.07) is 7.51. The smallest absolute Gasteiger partial charge is 0.220 e. The Labute approximate surface area is 116 Å². The van der Waals surface area contributed by atoms with Gasteiger partial charge in [-0.2, -0.15) is 0 Å². The highest BCUT2D eigenvalue weighted by Gasteiger charge is 2.03. The van der Waals surface area contributed by atoms with Crippen molar-refractivity contribution in [2.45, 2.75) is 19.4 Å². The first-order chi connectivity index (χ1) is 9.24. The van der Waals surface area contributed by atoms with E-state index in [1.54, 1.807) is 18.6 Å². The Hall–Kier alpha value is -1.94. The van der Waals surface area contributed by atoms with E-state index in [2.05, 4.69) is 15.3 Å². The summed E-state index contributed by atoms with van der Waals surface area (Å²) in [5.41, 5.74) is 1.85. The Balaban J connectivity index is 1.74. The van der Waals surface area contributed by atoms with E-state index in [-0.39, 0.29) is 5.91 Å². The van der Waals surface area contributed by atoms with Gasteiger partial charge in [-0.25, -0.2) is 0 Å². The zero-order valence-corrected chi connectivity index (χ0v) is 11.1. The maximum Gasteiger partial charge on any atom is 0.220 e. The molecule has 5 heteroatoms. The van der Waals surface area contributed by atoms with Crippen molar-refractivity contribution in [3.63, 3.8) is 0 Å². The van der Waals surface area contributed by atoms with Crippen LogP contribution in [0.5, 0.6) is 0 Å². The molecule has 0 spiro atoms. The van der Waals surface area contributed by atoms with Crippen molar-refractivity contribution in [2.24, 2.45) is 0 Å². The number of hydrogen-bond donors (Lipinski definition) is 1. The van der Waals surface area contributed by atoms with E-state index >= 15 is 0 Å². The van der Waals surface area contributed by atoms with Crippen molar-refractivity contribution in [1.82, 2.24) is 15.3 Å². The molecule has 0 radical (unpaired) electrons. The van der Waals surface area contributed by atoms with E-state index in [4.69, 9.17) is 11.6 Å². The number of benzene rings is 1. The Kier molecular flexibility index (Phi) is 4.86. The molecule has 98 valence electrons. The van der Waals surface area contributed by atoms with E-state index in [1.807, 2.05) is 24.3 Å². The minimum Gasteiger partial charge on any atom is -0.350 e. The zero-order chi connectivity index (χ0) is 13.5. The van der Waals surface area contributed by atoms with E-state index in [0.717, 1.165) is 11.3 Å². The van der Waals surface area contributed by atoms with Gasteiger partial charge in [-0.1, -0.05) is 23.7 Å². The zero-order valence-electron chi connectivity index (χ0n) is 10.3. The van der Waals surface area contributed by atoms with Crippen LogP contribution in [0.15, 0.2) is 42.9 Å². The first kappa shape index (κ1) is 13.5. The maximum absolute atomic E-state index is 11.7. The lowest BCUT2D eigenvalue weighted by atomic mass is 10.1. The molecule has 0 fully saturated rings. The number of nitrogens with one attached hydrogen (secondary N) is 1. The minimum atomic E-state index is 0.000558. The molecule has 0 unspecified atom stereocenters. The Morgan fingerprint density at radius 1 is 1.21 bits per heavy atom. The molecule has 4 nitrogen and oxygen atoms in total. The van der Waals surface area contributed by atoms with Crippen LogP contribution in [-0.4, -0.2) is 15.9 Å². The minimum absolute atomic E-state index is 0.000558. The summed E-state index contributed by atoms with van der Waals surface area (Å²) >= 11 is 5.80. The van der Waals surface area contributed by atoms with Gasteiger partial charge in [0.15, 0.2) is 0 Å². The summed E-state index contributed by atoms with van der Waals surface area (Å²) < 4.78 is 0. The molecule has 1 aromatic heterocycles. The van der Waals surface area contributed by atoms with Crippen LogP contribution in [0.25, 0.3) is 0 Å². The molecule has 1 aromatic carbocycles. The molecule has 2 rings (SSSR count). The van der Waals surface area contributed by atoms with Gasteiger partial charge in [0, 0.05) is 23.8 Å². The van der Waals surface area contributed by atoms with E-state index < -0.39 is 0 Å². The summed E-state index contributed by atoms with van der Waals surface area (Å²) in [5, 5.41) is 3.52. The number of amides is 1. The van der Waals surface area contributed by atoms with Crippen LogP contribution in [0.1, 0.15) is 17.7 Å². The predicted molar refractivity (Wildman–Crippen MR) is 73.7 cm³/mol. The quantitative estimate of drug-likeness (QED) is 0.911. The van der Waals surface area contributed by atoms with Crippen molar-refractivity contribution in [3.8, 4) is 0 Å². The normalized spacial score (nSPS) is 10.2. The highest BCUT2D eigenvalue weighted by Crippen LogP contribution is 2.10. The van der Waals surface area contributed by atoms with Gasteiger partial charge in [-0.15, -0.1) is 0 Å². The Bertz CT molecular complexity index is 528. The lowest BCUT2D eigenvalue weighted by Crippen LogP contribution is -2.23. The average Bonchev–Trinajstić information content (AvgIpc) is 2.45. The summed E-state index contributed by atoms with van der Waals surface area (Å²) in [6.45, 7) is 0.410. The fourth-order valence-corrected chi connectivity index (χ4v) is 1.73. The molecule has 0 atom stereocenters. The highest BCUT2D eigenvalue weighted by atomic mass is 35.5. The molecule has 1 amide bonds. The maximum atomic E-state index is 11.7. The first-order valence-corrected chi connectivity index (χ1v) is 6.38. The van der Waals surface area contributed by atoms with Crippen molar-refractivity contribution in [2.75, 3.05) is 0 Å². The molecular weight excluding hydrogens is 262 g/mol. The van der Waals surface area contributed by atoms with E-state index in [9.17, 15) is 4.79 Å². The van der Waals surface area contributed by atoms with Gasteiger partial charge in [0.1, 0.15) is 0 Å². The van der Waals surface area contributed by atoms with Crippen molar-refractivity contribution in [1.29, 1.82) is 0 Å². The van der Waals surface area contributed by atoms with Crippen LogP contribution < -0.4 is 5.32 Å². The van der Waals surface area contributed by atoms with Gasteiger partial charge < -0.3 is 5.32 Å². The van der Waals surface area contributed by atoms with Gasteiger partial charge in [0.05, 0.1) is 18.4 Å². The van der Waals surface area contributed by atoms with Gasteiger partial charge >= 0.3 is 0 Å². The summed E-state index contributed by atoms with van der Waals surface area (Å²) in [4.78, 5) is 19.7. The number of nitrogens with zero attached hydrogens (tertiary/aromatic N) is 2. The number of aromatic nitrogens is 2. The number of halogens is 1. The van der Waals surface area contributed by atoms with Crippen molar-refractivity contribution < 1.29 is 4.79 Å². The second-order valence-corrected chi connectivity index (χ2v) is 4.54. The fourth-order valence-electron chi connectivity index (χ4n) is 1.61. The lowest BCUT2D eigenvalue weighted by molar-refractivity contribution is -0.121. The number of carbonyl (C=O) groups excluding carboxylic acids is 1. The van der Waals surface area contributed by atoms with Crippen LogP contribution >= 0.6 is 11.6 Å². The fraction of sp³-hybridized carbons (Fsp3) is 0.214. The van der Waals surface area contributed by atoms with Crippen molar-refractivity contribution in [3.05, 3.63) is 59.1 Å². The number of carbonyl (C=O) groups is 1. The third kappa shape index (κ3) is 4.67. The van der Waals surface area contributed by atoms with Crippen LogP contribution in [0.4, 0.5) is 0 Å². The monoisotopic (exact) mass is 275 g/mol. The lowest BCUT2D eigenvalue weighted by Gasteiger charge is -2.04. The van der Waals surface area contributed by atoms with Crippen LogP contribution in [0.3, 0.4) is 0 Å². The highest BCUT2D eigenvalue weighted by molar-refractivity contribution is 6.30. The number of aryl methyl sites for hydroxylation is 1. The third-order valence-corrected chi connectivity index (χ3v) is 2.89. The summed E-state index contributed by atoms with van der Waals surface area (Å²) in [7, 11) is 0. The molecule has 0 saturated heterocycles. The third-order valence-electron chi connectivity index (χ3n) is 2.64. The number of hydrogen-bond acceptors (Lipinski definition) is 3. The topological polar surface area (TPSA) is 54.9 Å². The summed E-state index contributed by atoms with van der Waals surface area (Å²) in [6.07, 6.45) is 5.99. The van der Waals surface area contributed by atoms with Crippen molar-refractivity contribution >= 4 is 17.5 Å². The summed E-state index contributed by atoms with van der Waals surface area (Å²) in [5.74, 6) is 0.000558. The molecule has 0 aliphatic heterocycles. The van der Waals surface area contributed by atoms with Gasteiger partial charge in [0.25, 0.3) is 0 Å². The molecule has 0 saturated carbocycles. The largest absolute Gasteiger partial charge is 0.350 e. The van der Waals surface area contributed by atoms with Gasteiger partial charge in [-0.05, 0) is 24.1 Å². The SMILES string of the molecule is O=C(CCc1ccc(Cl)cc1)NCc1cnccn1. The van der Waals surface area contributed by atoms with Gasteiger partial charge in [0.2, 0.25) is 5.91 Å². The average molecular weight is 276 g/mol. The molecule has 1 heterocycles. The van der Waals surface area contributed by atoms with Crippen LogP contribution in [0, 0.1) is 0 Å². The number of rotatable bonds is 5. The predicted octanol–water partition coefficient (Wildman–Crippen LogP) is 2.38. The molecule has 0 aliphatic carbocycles. The van der Waals surface area contributed by atoms with Crippen LogP contribution in [0.2, 0.25) is 5.02 Å². The molecule has 0 bridgehead atoms. The molecule has 1 N–H and O–H groups in total. The molecule has 0 aliphatic rings. The molecule has 19 heavy (non-hydrogen) atoms.